The van der Waals surface area contributed by atoms with Crippen molar-refractivity contribution >= 4 is 33.1 Å². The molecule has 0 N–H and O–H groups in total. The molecule has 2 aliphatic carbocycles. The Balaban J connectivity index is 1.82. The minimum atomic E-state index is -4.28. The topological polar surface area (TPSA) is 104 Å². The van der Waals surface area contributed by atoms with Gasteiger partial charge < -0.3 is 9.15 Å². The number of rotatable bonds is 6. The molecule has 0 saturated heterocycles. The van der Waals surface area contributed by atoms with E-state index in [0.717, 1.165) is 18.1 Å². The molecular formula is C24H21NO7S. The van der Waals surface area contributed by atoms with Gasteiger partial charge in [0.05, 0.1) is 31.3 Å². The summed E-state index contributed by atoms with van der Waals surface area (Å²) in [5, 5.41) is -0.175. The van der Waals surface area contributed by atoms with Crippen LogP contribution >= 0.6 is 0 Å². The Bertz CT molecular complexity index is 1430. The second kappa shape index (κ2) is 8.86. The lowest BCUT2D eigenvalue weighted by atomic mass is 9.96. The zero-order chi connectivity index (χ0) is 23.8. The van der Waals surface area contributed by atoms with Crippen molar-refractivity contribution in [1.82, 2.24) is 0 Å². The first kappa shape index (κ1) is 22.8. The molecule has 1 aromatic carbocycles. The molecule has 2 aliphatic rings. The van der Waals surface area contributed by atoms with Gasteiger partial charge in [-0.15, -0.1) is 0 Å². The van der Waals surface area contributed by atoms with Gasteiger partial charge in [0.15, 0.2) is 0 Å². The van der Waals surface area contributed by atoms with Crippen LogP contribution < -0.4 is 5.63 Å². The smallest absolute Gasteiger partial charge is 0.342 e. The van der Waals surface area contributed by atoms with Crippen LogP contribution in [-0.2, 0) is 23.8 Å². The van der Waals surface area contributed by atoms with Crippen LogP contribution in [0.15, 0.2) is 32.4 Å². The number of esters is 1. The minimum Gasteiger partial charge on any atom is -0.466 e. The van der Waals surface area contributed by atoms with E-state index in [1.165, 1.54) is 13.0 Å². The van der Waals surface area contributed by atoms with E-state index >= 15 is 0 Å². The van der Waals surface area contributed by atoms with Gasteiger partial charge in [-0.3, -0.25) is 8.98 Å². The average Bonchev–Trinajstić information content (AvgIpc) is 3.46. The van der Waals surface area contributed by atoms with Gasteiger partial charge in [-0.05, 0) is 56.0 Å². The number of fused-ring (bicyclic) bond motifs is 4. The largest absolute Gasteiger partial charge is 0.466 e. The quantitative estimate of drug-likeness (QED) is 0.211. The van der Waals surface area contributed by atoms with Gasteiger partial charge in [-0.1, -0.05) is 11.8 Å². The van der Waals surface area contributed by atoms with Crippen LogP contribution in [-0.4, -0.2) is 27.6 Å². The average molecular weight is 467 g/mol. The normalized spacial score (nSPS) is 21.5. The molecule has 3 atom stereocenters. The molecule has 8 nitrogen and oxygen atoms in total. The second-order valence-electron chi connectivity index (χ2n) is 7.73. The van der Waals surface area contributed by atoms with E-state index in [-0.39, 0.29) is 41.5 Å². The predicted octanol–water partition coefficient (Wildman–Crippen LogP) is 3.41. The highest BCUT2D eigenvalue weighted by Crippen LogP contribution is 2.58. The summed E-state index contributed by atoms with van der Waals surface area (Å²) < 4.78 is 39.5. The number of carbonyl (C=O) groups excluding carboxylic acids is 1. The molecule has 0 radical (unpaired) electrons. The first-order valence-corrected chi connectivity index (χ1v) is 12.0. The first-order chi connectivity index (χ1) is 15.8. The van der Waals surface area contributed by atoms with Crippen molar-refractivity contribution in [2.75, 3.05) is 13.2 Å². The van der Waals surface area contributed by atoms with Crippen LogP contribution in [0, 0.1) is 30.2 Å². The van der Waals surface area contributed by atoms with E-state index in [1.807, 2.05) is 6.07 Å². The van der Waals surface area contributed by atoms with Crippen molar-refractivity contribution < 1.29 is 26.5 Å². The van der Waals surface area contributed by atoms with E-state index in [0.29, 0.717) is 24.0 Å². The van der Waals surface area contributed by atoms with E-state index in [4.69, 9.17) is 15.7 Å². The molecule has 1 fully saturated rings. The Kier molecular flexibility index (Phi) is 6.11. The summed E-state index contributed by atoms with van der Waals surface area (Å²) in [4.78, 5) is 27.9. The molecule has 1 aromatic heterocycles. The van der Waals surface area contributed by atoms with Gasteiger partial charge in [0, 0.05) is 23.3 Å². The summed E-state index contributed by atoms with van der Waals surface area (Å²) in [5.74, 6) is 5.82. The summed E-state index contributed by atoms with van der Waals surface area (Å²) in [5.41, 5.74) is 0.962. The zero-order valence-electron chi connectivity index (χ0n) is 18.1. The highest BCUT2D eigenvalue weighted by molar-refractivity contribution is 7.91. The van der Waals surface area contributed by atoms with Crippen molar-refractivity contribution in [3.05, 3.63) is 61.8 Å². The SMILES string of the molecule is [C-]#[N+]C(=Cc1cc2cc3c(cc2oc1=O)C#CCCC1C(C(=O)OCC)C31)S(=O)(=O)OCC. The van der Waals surface area contributed by atoms with Gasteiger partial charge in [0.1, 0.15) is 5.58 Å². The lowest BCUT2D eigenvalue weighted by Gasteiger charge is -2.09. The van der Waals surface area contributed by atoms with Gasteiger partial charge >= 0.3 is 26.7 Å². The first-order valence-electron chi connectivity index (χ1n) is 10.6. The minimum absolute atomic E-state index is 0.0406. The monoisotopic (exact) mass is 467 g/mol. The van der Waals surface area contributed by atoms with Crippen LogP contribution in [0.5, 0.6) is 0 Å². The van der Waals surface area contributed by atoms with Gasteiger partial charge in [-0.25, -0.2) is 18.1 Å². The van der Waals surface area contributed by atoms with Crippen LogP contribution in [0.4, 0.5) is 0 Å². The second-order valence-corrected chi connectivity index (χ2v) is 9.29. The fourth-order valence-electron chi connectivity index (χ4n) is 4.31. The molecule has 170 valence electrons. The summed E-state index contributed by atoms with van der Waals surface area (Å²) >= 11 is 0. The number of carbonyl (C=O) groups is 1. The van der Waals surface area contributed by atoms with Crippen LogP contribution in [0.2, 0.25) is 0 Å². The van der Waals surface area contributed by atoms with Crippen molar-refractivity contribution in [2.45, 2.75) is 32.6 Å². The Morgan fingerprint density at radius 3 is 2.79 bits per heavy atom. The summed E-state index contributed by atoms with van der Waals surface area (Å²) in [7, 11) is -4.28. The third kappa shape index (κ3) is 4.30. The molecule has 9 heteroatoms. The molecule has 0 amide bonds. The predicted molar refractivity (Wildman–Crippen MR) is 120 cm³/mol. The molecule has 1 saturated carbocycles. The number of nitrogens with zero attached hydrogens (tertiary/aromatic N) is 1. The molecule has 4 rings (SSSR count). The van der Waals surface area contributed by atoms with E-state index in [9.17, 15) is 18.0 Å². The summed E-state index contributed by atoms with van der Waals surface area (Å²) in [6.45, 7) is 10.6. The number of hydrogen-bond donors (Lipinski definition) is 0. The maximum Gasteiger partial charge on any atom is 0.342 e. The van der Waals surface area contributed by atoms with E-state index in [2.05, 4.69) is 20.9 Å². The summed E-state index contributed by atoms with van der Waals surface area (Å²) in [6.07, 6.45) is 2.40. The summed E-state index contributed by atoms with van der Waals surface area (Å²) in [6, 6.07) is 4.95. The highest BCUT2D eigenvalue weighted by atomic mass is 32.2. The zero-order valence-corrected chi connectivity index (χ0v) is 18.9. The Morgan fingerprint density at radius 1 is 1.30 bits per heavy atom. The Labute approximate surface area is 191 Å². The number of hydrogen-bond acceptors (Lipinski definition) is 7. The van der Waals surface area contributed by atoms with Crippen LogP contribution in [0.3, 0.4) is 0 Å². The van der Waals surface area contributed by atoms with Gasteiger partial charge in [0.25, 0.3) is 0 Å². The van der Waals surface area contributed by atoms with Crippen LogP contribution in [0.1, 0.15) is 49.3 Å². The molecule has 3 unspecified atom stereocenters. The lowest BCUT2D eigenvalue weighted by molar-refractivity contribution is -0.145. The van der Waals surface area contributed by atoms with Crippen molar-refractivity contribution in [1.29, 1.82) is 0 Å². The lowest BCUT2D eigenvalue weighted by Crippen LogP contribution is -2.09. The molecule has 0 aliphatic heterocycles. The Hall–Kier alpha value is -3.40. The fraction of sp³-hybridized carbons (Fsp3) is 0.375. The van der Waals surface area contributed by atoms with Crippen molar-refractivity contribution in [3.8, 4) is 11.8 Å². The van der Waals surface area contributed by atoms with Crippen molar-refractivity contribution in [3.63, 3.8) is 0 Å². The van der Waals surface area contributed by atoms with E-state index in [1.54, 1.807) is 13.0 Å². The maximum absolute atomic E-state index is 12.5. The number of ether oxygens (including phenoxy) is 1. The Morgan fingerprint density at radius 2 is 2.09 bits per heavy atom. The van der Waals surface area contributed by atoms with Crippen molar-refractivity contribution in [2.24, 2.45) is 11.8 Å². The fourth-order valence-corrected chi connectivity index (χ4v) is 5.12. The molecule has 33 heavy (non-hydrogen) atoms. The standard InChI is InChI=1S/C24H21NO7S/c1-4-30-24(27)22-17-9-7-6-8-14-12-19-15(11-18(14)21(17)22)10-16(23(26)32-19)13-20(25-3)33(28,29)31-5-2/h10-13,17,21-22H,4-5,7,9H2,1-2H3. The van der Waals surface area contributed by atoms with E-state index < -0.39 is 20.8 Å². The molecule has 0 bridgehead atoms. The maximum atomic E-state index is 12.5. The molecular weight excluding hydrogens is 446 g/mol. The molecule has 0 spiro atoms. The molecule has 1 heterocycles. The third-order valence-corrected chi connectivity index (χ3v) is 7.03. The van der Waals surface area contributed by atoms with Gasteiger partial charge in [-0.2, -0.15) is 0 Å². The molecule has 2 aromatic rings. The van der Waals surface area contributed by atoms with Crippen LogP contribution in [0.25, 0.3) is 21.9 Å². The van der Waals surface area contributed by atoms with Gasteiger partial charge in [0.2, 0.25) is 0 Å². The highest BCUT2D eigenvalue weighted by Gasteiger charge is 2.56. The number of benzene rings is 1. The third-order valence-electron chi connectivity index (χ3n) is 5.76.